The van der Waals surface area contributed by atoms with E-state index in [-0.39, 0.29) is 11.5 Å². The molecule has 1 aliphatic carbocycles. The maximum Gasteiger partial charge on any atom is 0.0677 e. The minimum absolute atomic E-state index is 0.0829. The van der Waals surface area contributed by atoms with Gasteiger partial charge in [0, 0.05) is 16.9 Å². The quantitative estimate of drug-likeness (QED) is 0.885. The Morgan fingerprint density at radius 2 is 1.65 bits per heavy atom. The van der Waals surface area contributed by atoms with E-state index in [1.165, 1.54) is 12.0 Å². The Kier molecular flexibility index (Phi) is 3.82. The molecule has 0 heterocycles. The molecule has 1 unspecified atom stereocenters. The van der Waals surface area contributed by atoms with Crippen molar-refractivity contribution in [3.05, 3.63) is 70.7 Å². The lowest BCUT2D eigenvalue weighted by atomic mass is 9.60. The molecule has 104 valence electrons. The average molecular weight is 287 g/mol. The molecule has 1 aliphatic rings. The Morgan fingerprint density at radius 1 is 1.00 bits per heavy atom. The molecule has 0 spiro atoms. The number of aliphatic hydroxyl groups is 1. The van der Waals surface area contributed by atoms with Gasteiger partial charge in [0.25, 0.3) is 0 Å². The van der Waals surface area contributed by atoms with Gasteiger partial charge in [-0.05, 0) is 30.0 Å². The highest BCUT2D eigenvalue weighted by atomic mass is 35.5. The van der Waals surface area contributed by atoms with Gasteiger partial charge in [-0.2, -0.15) is 0 Å². The van der Waals surface area contributed by atoms with Crippen molar-refractivity contribution in [2.24, 2.45) is 0 Å². The van der Waals surface area contributed by atoms with E-state index in [1.807, 2.05) is 30.3 Å². The van der Waals surface area contributed by atoms with Gasteiger partial charge in [-0.3, -0.25) is 0 Å². The number of hydrogen-bond acceptors (Lipinski definition) is 1. The number of hydrogen-bond donors (Lipinski definition) is 1. The molecular weight excluding hydrogens is 268 g/mol. The van der Waals surface area contributed by atoms with Crippen molar-refractivity contribution in [2.75, 3.05) is 0 Å². The third-order valence-corrected chi connectivity index (χ3v) is 4.97. The molecule has 1 atom stereocenters. The smallest absolute Gasteiger partial charge is 0.0677 e. The van der Waals surface area contributed by atoms with Crippen molar-refractivity contribution in [3.63, 3.8) is 0 Å². The molecule has 0 amide bonds. The number of halogens is 1. The predicted octanol–water partition coefficient (Wildman–Crippen LogP) is 4.37. The Bertz CT molecular complexity index is 575. The van der Waals surface area contributed by atoms with Crippen molar-refractivity contribution in [3.8, 4) is 0 Å². The summed E-state index contributed by atoms with van der Waals surface area (Å²) in [7, 11) is 0. The van der Waals surface area contributed by atoms with E-state index >= 15 is 0 Å². The van der Waals surface area contributed by atoms with E-state index in [0.29, 0.717) is 6.42 Å². The topological polar surface area (TPSA) is 20.2 Å². The molecule has 20 heavy (non-hydrogen) atoms. The van der Waals surface area contributed by atoms with Gasteiger partial charge in [0.15, 0.2) is 0 Å². The Labute approximate surface area is 125 Å². The largest absolute Gasteiger partial charge is 0.392 e. The standard InChI is InChI=1S/C18H19ClO/c19-16-10-5-4-7-14(16)13-17(20)18(11-6-12-18)15-8-2-1-3-9-15/h1-5,7-10,17,20H,6,11-13H2. The van der Waals surface area contributed by atoms with Gasteiger partial charge < -0.3 is 5.11 Å². The van der Waals surface area contributed by atoms with Crippen molar-refractivity contribution >= 4 is 11.6 Å². The molecule has 0 radical (unpaired) electrons. The monoisotopic (exact) mass is 286 g/mol. The van der Waals surface area contributed by atoms with Crippen LogP contribution in [0.2, 0.25) is 5.02 Å². The maximum absolute atomic E-state index is 10.8. The first-order chi connectivity index (χ1) is 9.72. The van der Waals surface area contributed by atoms with Crippen molar-refractivity contribution in [2.45, 2.75) is 37.2 Å². The second-order valence-corrected chi connectivity index (χ2v) is 6.09. The van der Waals surface area contributed by atoms with Gasteiger partial charge in [0.05, 0.1) is 6.10 Å². The summed E-state index contributed by atoms with van der Waals surface area (Å²) in [4.78, 5) is 0. The van der Waals surface area contributed by atoms with E-state index in [2.05, 4.69) is 24.3 Å². The summed E-state index contributed by atoms with van der Waals surface area (Å²) in [5.41, 5.74) is 2.20. The second-order valence-electron chi connectivity index (χ2n) is 5.69. The molecule has 3 rings (SSSR count). The summed E-state index contributed by atoms with van der Waals surface area (Å²) in [5, 5.41) is 11.5. The van der Waals surface area contributed by atoms with Crippen LogP contribution in [0, 0.1) is 0 Å². The maximum atomic E-state index is 10.8. The molecule has 2 aromatic rings. The zero-order valence-corrected chi connectivity index (χ0v) is 12.2. The molecule has 1 nitrogen and oxygen atoms in total. The summed E-state index contributed by atoms with van der Waals surface area (Å²) in [6.07, 6.45) is 3.55. The van der Waals surface area contributed by atoms with Crippen LogP contribution >= 0.6 is 11.6 Å². The predicted molar refractivity (Wildman–Crippen MR) is 83.1 cm³/mol. The highest BCUT2D eigenvalue weighted by molar-refractivity contribution is 6.31. The summed E-state index contributed by atoms with van der Waals surface area (Å²) in [6, 6.07) is 18.2. The lowest BCUT2D eigenvalue weighted by Crippen LogP contribution is -2.46. The zero-order valence-electron chi connectivity index (χ0n) is 11.4. The molecule has 0 saturated heterocycles. The molecular formula is C18H19ClO. The van der Waals surface area contributed by atoms with Crippen LogP contribution in [0.3, 0.4) is 0 Å². The molecule has 1 saturated carbocycles. The van der Waals surface area contributed by atoms with Gasteiger partial charge in [0.1, 0.15) is 0 Å². The zero-order chi connectivity index (χ0) is 14.0. The van der Waals surface area contributed by atoms with Gasteiger partial charge in [-0.15, -0.1) is 0 Å². The number of benzene rings is 2. The fourth-order valence-electron chi connectivity index (χ4n) is 3.21. The minimum atomic E-state index is -0.376. The van der Waals surface area contributed by atoms with E-state index in [9.17, 15) is 5.11 Å². The van der Waals surface area contributed by atoms with Gasteiger partial charge >= 0.3 is 0 Å². The summed E-state index contributed by atoms with van der Waals surface area (Å²) in [6.45, 7) is 0. The molecule has 0 aliphatic heterocycles. The van der Waals surface area contributed by atoms with Crippen LogP contribution in [0.1, 0.15) is 30.4 Å². The molecule has 1 fully saturated rings. The van der Waals surface area contributed by atoms with Crippen LogP contribution in [0.5, 0.6) is 0 Å². The molecule has 2 aromatic carbocycles. The normalized spacial score (nSPS) is 18.3. The summed E-state index contributed by atoms with van der Waals surface area (Å²) < 4.78 is 0. The molecule has 1 N–H and O–H groups in total. The lowest BCUT2D eigenvalue weighted by molar-refractivity contribution is 0.0286. The van der Waals surface area contributed by atoms with Crippen LogP contribution in [0.4, 0.5) is 0 Å². The Balaban J connectivity index is 1.85. The number of rotatable bonds is 4. The van der Waals surface area contributed by atoms with Gasteiger partial charge in [-0.25, -0.2) is 0 Å². The van der Waals surface area contributed by atoms with Crippen molar-refractivity contribution < 1.29 is 5.11 Å². The van der Waals surface area contributed by atoms with E-state index < -0.39 is 0 Å². The van der Waals surface area contributed by atoms with Gasteiger partial charge in [-0.1, -0.05) is 66.6 Å². The van der Waals surface area contributed by atoms with Crippen LogP contribution in [0.25, 0.3) is 0 Å². The number of aliphatic hydroxyl groups excluding tert-OH is 1. The lowest BCUT2D eigenvalue weighted by Gasteiger charge is -2.46. The summed E-state index contributed by atoms with van der Waals surface area (Å²) >= 11 is 6.21. The highest BCUT2D eigenvalue weighted by Crippen LogP contribution is 2.47. The van der Waals surface area contributed by atoms with Crippen LogP contribution in [-0.4, -0.2) is 11.2 Å². The Morgan fingerprint density at radius 3 is 2.25 bits per heavy atom. The third kappa shape index (κ3) is 2.36. The fourth-order valence-corrected chi connectivity index (χ4v) is 3.42. The first-order valence-corrected chi connectivity index (χ1v) is 7.57. The SMILES string of the molecule is OC(Cc1ccccc1Cl)C1(c2ccccc2)CCC1. The average Bonchev–Trinajstić information content (AvgIpc) is 2.41. The van der Waals surface area contributed by atoms with E-state index in [1.54, 1.807) is 0 Å². The second kappa shape index (κ2) is 5.59. The highest BCUT2D eigenvalue weighted by Gasteiger charge is 2.44. The molecule has 0 aromatic heterocycles. The van der Waals surface area contributed by atoms with Crippen molar-refractivity contribution in [1.29, 1.82) is 0 Å². The first-order valence-electron chi connectivity index (χ1n) is 7.19. The minimum Gasteiger partial charge on any atom is -0.392 e. The van der Waals surface area contributed by atoms with Gasteiger partial charge in [0.2, 0.25) is 0 Å². The van der Waals surface area contributed by atoms with Crippen LogP contribution in [-0.2, 0) is 11.8 Å². The van der Waals surface area contributed by atoms with Crippen LogP contribution < -0.4 is 0 Å². The Hall–Kier alpha value is -1.31. The summed E-state index contributed by atoms with van der Waals surface area (Å²) in [5.74, 6) is 0. The third-order valence-electron chi connectivity index (χ3n) is 4.60. The van der Waals surface area contributed by atoms with Crippen LogP contribution in [0.15, 0.2) is 54.6 Å². The fraction of sp³-hybridized carbons (Fsp3) is 0.333. The molecule has 0 bridgehead atoms. The molecule has 2 heteroatoms. The van der Waals surface area contributed by atoms with E-state index in [0.717, 1.165) is 23.4 Å². The van der Waals surface area contributed by atoms with Crippen molar-refractivity contribution in [1.82, 2.24) is 0 Å². The first kappa shape index (κ1) is 13.7. The van der Waals surface area contributed by atoms with E-state index in [4.69, 9.17) is 11.6 Å².